The van der Waals surface area contributed by atoms with Gasteiger partial charge < -0.3 is 16.0 Å². The fourth-order valence-electron chi connectivity index (χ4n) is 2.14. The first kappa shape index (κ1) is 20.0. The first-order valence-corrected chi connectivity index (χ1v) is 7.32. The van der Waals surface area contributed by atoms with Gasteiger partial charge in [-0.3, -0.25) is 14.3 Å². The molecule has 130 valence electrons. The average Bonchev–Trinajstić information content (AvgIpc) is 2.89. The number of aromatic nitrogens is 2. The molecule has 0 spiro atoms. The molecule has 0 saturated carbocycles. The quantitative estimate of drug-likeness (QED) is 0.752. The fourth-order valence-corrected chi connectivity index (χ4v) is 2.31. The monoisotopic (exact) mass is 371 g/mol. The van der Waals surface area contributed by atoms with Crippen LogP contribution in [0.1, 0.15) is 18.5 Å². The summed E-state index contributed by atoms with van der Waals surface area (Å²) in [6.45, 7) is 1.39. The minimum absolute atomic E-state index is 0. The van der Waals surface area contributed by atoms with Gasteiger partial charge in [0.25, 0.3) is 0 Å². The second-order valence-electron chi connectivity index (χ2n) is 5.03. The molecule has 9 heteroatoms. The van der Waals surface area contributed by atoms with Gasteiger partial charge in [-0.25, -0.2) is 0 Å². The van der Waals surface area contributed by atoms with E-state index >= 15 is 0 Å². The van der Waals surface area contributed by atoms with Crippen LogP contribution >= 0.6 is 24.0 Å². The molecule has 3 N–H and O–H groups in total. The highest BCUT2D eigenvalue weighted by Crippen LogP contribution is 2.26. The largest absolute Gasteiger partial charge is 0.325 e. The van der Waals surface area contributed by atoms with Crippen molar-refractivity contribution >= 4 is 47.2 Å². The highest BCUT2D eigenvalue weighted by Gasteiger charge is 2.20. The van der Waals surface area contributed by atoms with Gasteiger partial charge in [-0.05, 0) is 25.2 Å². The third kappa shape index (κ3) is 4.95. The topological polar surface area (TPSA) is 88.1 Å². The molecular formula is C15H19Cl2N5O2. The van der Waals surface area contributed by atoms with Crippen LogP contribution in [0.5, 0.6) is 0 Å². The van der Waals surface area contributed by atoms with E-state index in [0.717, 1.165) is 5.56 Å². The number of anilines is 2. The van der Waals surface area contributed by atoms with E-state index in [1.54, 1.807) is 49.4 Å². The van der Waals surface area contributed by atoms with Crippen LogP contribution in [0, 0.1) is 0 Å². The first-order valence-electron chi connectivity index (χ1n) is 6.94. The van der Waals surface area contributed by atoms with Crippen molar-refractivity contribution in [1.82, 2.24) is 15.1 Å². The van der Waals surface area contributed by atoms with Gasteiger partial charge in [0, 0.05) is 31.4 Å². The summed E-state index contributed by atoms with van der Waals surface area (Å²) in [4.78, 5) is 23.6. The van der Waals surface area contributed by atoms with Gasteiger partial charge in [-0.15, -0.1) is 12.4 Å². The van der Waals surface area contributed by atoms with Gasteiger partial charge in [0.1, 0.15) is 6.04 Å². The molecule has 1 aromatic carbocycles. The van der Waals surface area contributed by atoms with Gasteiger partial charge in [0.2, 0.25) is 11.8 Å². The Morgan fingerprint density at radius 1 is 1.29 bits per heavy atom. The number of halogens is 2. The van der Waals surface area contributed by atoms with Crippen molar-refractivity contribution in [3.63, 3.8) is 0 Å². The molecule has 0 saturated heterocycles. The maximum atomic E-state index is 12.4. The summed E-state index contributed by atoms with van der Waals surface area (Å²) in [6, 6.07) is 4.35. The van der Waals surface area contributed by atoms with Gasteiger partial charge in [-0.1, -0.05) is 11.6 Å². The minimum Gasteiger partial charge on any atom is -0.325 e. The van der Waals surface area contributed by atoms with Crippen molar-refractivity contribution in [1.29, 1.82) is 0 Å². The smallest absolute Gasteiger partial charge is 0.246 e. The van der Waals surface area contributed by atoms with Crippen molar-refractivity contribution in [2.45, 2.75) is 13.0 Å². The molecule has 2 rings (SSSR count). The average molecular weight is 372 g/mol. The van der Waals surface area contributed by atoms with E-state index in [2.05, 4.69) is 21.0 Å². The number of nitrogens with zero attached hydrogens (tertiary/aromatic N) is 2. The van der Waals surface area contributed by atoms with Crippen LogP contribution in [-0.2, 0) is 16.6 Å². The second-order valence-corrected chi connectivity index (χ2v) is 5.44. The summed E-state index contributed by atoms with van der Waals surface area (Å²) in [6.07, 6.45) is 3.40. The zero-order chi connectivity index (χ0) is 17.0. The van der Waals surface area contributed by atoms with E-state index in [0.29, 0.717) is 16.4 Å². The molecule has 0 aliphatic rings. The van der Waals surface area contributed by atoms with Crippen LogP contribution in [-0.4, -0.2) is 28.6 Å². The van der Waals surface area contributed by atoms with E-state index in [-0.39, 0.29) is 24.2 Å². The number of aryl methyl sites for hydroxylation is 1. The van der Waals surface area contributed by atoms with Crippen LogP contribution in [0.15, 0.2) is 30.6 Å². The Bertz CT molecular complexity index is 732. The van der Waals surface area contributed by atoms with Gasteiger partial charge in [0.05, 0.1) is 16.9 Å². The van der Waals surface area contributed by atoms with E-state index in [1.807, 2.05) is 0 Å². The predicted octanol–water partition coefficient (Wildman–Crippen LogP) is 2.35. The van der Waals surface area contributed by atoms with Crippen molar-refractivity contribution in [3.8, 4) is 0 Å². The van der Waals surface area contributed by atoms with Crippen LogP contribution in [0.3, 0.4) is 0 Å². The minimum atomic E-state index is -0.538. The highest BCUT2D eigenvalue weighted by molar-refractivity contribution is 6.33. The Balaban J connectivity index is 0.00000288. The number of carbonyl (C=O) groups excluding carboxylic acids is 2. The van der Waals surface area contributed by atoms with E-state index in [1.165, 1.54) is 6.92 Å². The number of nitrogens with one attached hydrogen (secondary N) is 3. The molecule has 0 radical (unpaired) electrons. The lowest BCUT2D eigenvalue weighted by Crippen LogP contribution is -2.30. The van der Waals surface area contributed by atoms with Crippen molar-refractivity contribution in [2.75, 3.05) is 17.7 Å². The Labute approximate surface area is 151 Å². The standard InChI is InChI=1S/C15H18ClN5O2.ClH/c1-9(22)19-13-6-11(4-5-12(13)16)20-15(23)14(17-2)10-7-18-21(3)8-10;/h4-8,14,17H,1-3H3,(H,19,22)(H,20,23);1H. The lowest BCUT2D eigenvalue weighted by Gasteiger charge is -2.15. The summed E-state index contributed by atoms with van der Waals surface area (Å²) in [7, 11) is 3.48. The van der Waals surface area contributed by atoms with Gasteiger partial charge >= 0.3 is 0 Å². The fraction of sp³-hybridized carbons (Fsp3) is 0.267. The summed E-state index contributed by atoms with van der Waals surface area (Å²) in [5, 5.41) is 12.8. The number of carbonyl (C=O) groups is 2. The van der Waals surface area contributed by atoms with E-state index in [4.69, 9.17) is 11.6 Å². The molecule has 7 nitrogen and oxygen atoms in total. The normalized spacial score (nSPS) is 11.3. The SMILES string of the molecule is CNC(C(=O)Nc1ccc(Cl)c(NC(C)=O)c1)c1cnn(C)c1.Cl. The number of rotatable bonds is 5. The molecule has 0 fully saturated rings. The van der Waals surface area contributed by atoms with Crippen molar-refractivity contribution < 1.29 is 9.59 Å². The molecule has 2 aromatic rings. The Hall–Kier alpha value is -2.09. The first-order chi connectivity index (χ1) is 10.9. The number of hydrogen-bond acceptors (Lipinski definition) is 4. The third-order valence-electron chi connectivity index (χ3n) is 3.15. The Morgan fingerprint density at radius 3 is 2.54 bits per heavy atom. The molecular weight excluding hydrogens is 353 g/mol. The zero-order valence-electron chi connectivity index (χ0n) is 13.5. The predicted molar refractivity (Wildman–Crippen MR) is 96.6 cm³/mol. The number of hydrogen-bond donors (Lipinski definition) is 3. The maximum Gasteiger partial charge on any atom is 0.246 e. The van der Waals surface area contributed by atoms with E-state index in [9.17, 15) is 9.59 Å². The van der Waals surface area contributed by atoms with Crippen molar-refractivity contribution in [2.24, 2.45) is 7.05 Å². The van der Waals surface area contributed by atoms with Gasteiger partial charge in [-0.2, -0.15) is 5.10 Å². The van der Waals surface area contributed by atoms with Crippen LogP contribution in [0.4, 0.5) is 11.4 Å². The molecule has 0 bridgehead atoms. The molecule has 2 amide bonds. The lowest BCUT2D eigenvalue weighted by atomic mass is 10.1. The molecule has 0 aliphatic heterocycles. The Morgan fingerprint density at radius 2 is 2.00 bits per heavy atom. The van der Waals surface area contributed by atoms with Crippen molar-refractivity contribution in [3.05, 3.63) is 41.2 Å². The van der Waals surface area contributed by atoms with E-state index < -0.39 is 6.04 Å². The van der Waals surface area contributed by atoms with Crippen LogP contribution in [0.25, 0.3) is 0 Å². The molecule has 1 atom stereocenters. The Kier molecular flexibility index (Phi) is 7.21. The molecule has 0 aliphatic carbocycles. The zero-order valence-corrected chi connectivity index (χ0v) is 15.0. The number of benzene rings is 1. The third-order valence-corrected chi connectivity index (χ3v) is 3.48. The van der Waals surface area contributed by atoms with Gasteiger partial charge in [0.15, 0.2) is 0 Å². The maximum absolute atomic E-state index is 12.4. The summed E-state index contributed by atoms with van der Waals surface area (Å²) in [5.74, 6) is -0.476. The highest BCUT2D eigenvalue weighted by atomic mass is 35.5. The lowest BCUT2D eigenvalue weighted by molar-refractivity contribution is -0.118. The molecule has 24 heavy (non-hydrogen) atoms. The second kappa shape index (κ2) is 8.68. The summed E-state index contributed by atoms with van der Waals surface area (Å²) < 4.78 is 1.63. The van der Waals surface area contributed by atoms with Crippen LogP contribution in [0.2, 0.25) is 5.02 Å². The molecule has 1 aromatic heterocycles. The van der Waals surface area contributed by atoms with Crippen LogP contribution < -0.4 is 16.0 Å². The summed E-state index contributed by atoms with van der Waals surface area (Å²) >= 11 is 6.01. The summed E-state index contributed by atoms with van der Waals surface area (Å²) in [5.41, 5.74) is 1.73. The molecule has 1 heterocycles. The number of likely N-dealkylation sites (N-methyl/N-ethyl adjacent to an activating group) is 1. The molecule has 1 unspecified atom stereocenters. The number of amides is 2.